The second-order valence-electron chi connectivity index (χ2n) is 6.54. The fourth-order valence-corrected chi connectivity index (χ4v) is 5.19. The van der Waals surface area contributed by atoms with E-state index in [9.17, 15) is 4.79 Å². The summed E-state index contributed by atoms with van der Waals surface area (Å²) in [4.78, 5) is 28.9. The van der Waals surface area contributed by atoms with Gasteiger partial charge in [0, 0.05) is 27.6 Å². The topological polar surface area (TPSA) is 83.7 Å². The summed E-state index contributed by atoms with van der Waals surface area (Å²) in [7, 11) is 1.63. The average Bonchev–Trinajstić information content (AvgIpc) is 3.36. The highest BCUT2D eigenvalue weighted by Gasteiger charge is 2.15. The van der Waals surface area contributed by atoms with E-state index in [2.05, 4.69) is 19.9 Å². The van der Waals surface area contributed by atoms with Gasteiger partial charge in [-0.1, -0.05) is 41.6 Å². The van der Waals surface area contributed by atoms with E-state index in [0.717, 1.165) is 33.1 Å². The molecule has 0 radical (unpaired) electrons. The van der Waals surface area contributed by atoms with Crippen LogP contribution in [0.4, 0.5) is 0 Å². The first-order chi connectivity index (χ1) is 14.6. The molecular formula is C21H15ClN4O2S2. The zero-order chi connectivity index (χ0) is 20.7. The number of hydrogen-bond acceptors (Lipinski definition) is 6. The van der Waals surface area contributed by atoms with Crippen LogP contribution in [0.5, 0.6) is 5.75 Å². The number of nitrogens with one attached hydrogen (secondary N) is 2. The summed E-state index contributed by atoms with van der Waals surface area (Å²) in [5.74, 6) is 1.86. The van der Waals surface area contributed by atoms with Gasteiger partial charge in [-0.05, 0) is 18.2 Å². The maximum Gasteiger partial charge on any atom is 0.260 e. The third-order valence-electron chi connectivity index (χ3n) is 4.67. The van der Waals surface area contributed by atoms with E-state index < -0.39 is 0 Å². The molecule has 0 saturated heterocycles. The summed E-state index contributed by atoms with van der Waals surface area (Å²) in [6.07, 6.45) is 0. The number of hydrogen-bond donors (Lipinski definition) is 2. The van der Waals surface area contributed by atoms with Crippen molar-refractivity contribution in [3.8, 4) is 16.9 Å². The highest BCUT2D eigenvalue weighted by molar-refractivity contribution is 7.98. The van der Waals surface area contributed by atoms with Gasteiger partial charge < -0.3 is 14.7 Å². The quantitative estimate of drug-likeness (QED) is 0.343. The van der Waals surface area contributed by atoms with Crippen LogP contribution in [0.1, 0.15) is 5.82 Å². The normalized spacial score (nSPS) is 11.4. The summed E-state index contributed by atoms with van der Waals surface area (Å²) in [6, 6.07) is 13.2. The Morgan fingerprint density at radius 3 is 2.83 bits per heavy atom. The third-order valence-corrected chi connectivity index (χ3v) is 6.76. The van der Waals surface area contributed by atoms with Crippen LogP contribution < -0.4 is 10.3 Å². The molecule has 5 rings (SSSR count). The Morgan fingerprint density at radius 1 is 1.13 bits per heavy atom. The van der Waals surface area contributed by atoms with Gasteiger partial charge in [0.05, 0.1) is 29.3 Å². The van der Waals surface area contributed by atoms with E-state index in [-0.39, 0.29) is 5.56 Å². The lowest BCUT2D eigenvalue weighted by atomic mass is 10.1. The number of H-pyrrole nitrogens is 2. The molecule has 0 atom stereocenters. The summed E-state index contributed by atoms with van der Waals surface area (Å²) in [6.45, 7) is 0. The van der Waals surface area contributed by atoms with Crippen molar-refractivity contribution in [2.24, 2.45) is 0 Å². The largest absolute Gasteiger partial charge is 0.497 e. The van der Waals surface area contributed by atoms with Crippen molar-refractivity contribution in [3.63, 3.8) is 0 Å². The molecule has 6 nitrogen and oxygen atoms in total. The molecule has 9 heteroatoms. The number of thioether (sulfide) groups is 1. The number of benzene rings is 2. The SMILES string of the molecule is COc1ccc2nc(SCc3nc4scc(-c5ccccc5Cl)c4c(=O)[nH]3)[nH]c2c1. The van der Waals surface area contributed by atoms with Gasteiger partial charge >= 0.3 is 0 Å². The fourth-order valence-electron chi connectivity index (χ4n) is 3.24. The molecule has 150 valence electrons. The Balaban J connectivity index is 1.43. The first-order valence-electron chi connectivity index (χ1n) is 9.04. The number of methoxy groups -OCH3 is 1. The van der Waals surface area contributed by atoms with Crippen molar-refractivity contribution < 1.29 is 4.74 Å². The molecule has 3 aromatic heterocycles. The van der Waals surface area contributed by atoms with E-state index in [1.54, 1.807) is 7.11 Å². The molecule has 3 heterocycles. The van der Waals surface area contributed by atoms with Gasteiger partial charge in [0.1, 0.15) is 16.4 Å². The molecular weight excluding hydrogens is 440 g/mol. The van der Waals surface area contributed by atoms with E-state index in [4.69, 9.17) is 16.3 Å². The van der Waals surface area contributed by atoms with Crippen molar-refractivity contribution in [1.29, 1.82) is 0 Å². The van der Waals surface area contributed by atoms with Gasteiger partial charge in [0.25, 0.3) is 5.56 Å². The van der Waals surface area contributed by atoms with Gasteiger partial charge in [-0.15, -0.1) is 11.3 Å². The molecule has 30 heavy (non-hydrogen) atoms. The second kappa shape index (κ2) is 7.79. The number of aromatic amines is 2. The van der Waals surface area contributed by atoms with Crippen molar-refractivity contribution in [2.45, 2.75) is 10.9 Å². The van der Waals surface area contributed by atoms with Crippen molar-refractivity contribution in [1.82, 2.24) is 19.9 Å². The smallest absolute Gasteiger partial charge is 0.260 e. The molecule has 0 aliphatic rings. The van der Waals surface area contributed by atoms with E-state index in [0.29, 0.717) is 26.8 Å². The molecule has 0 fully saturated rings. The molecule has 0 unspecified atom stereocenters. The molecule has 5 aromatic rings. The molecule has 0 bridgehead atoms. The number of halogens is 1. The Hall–Kier alpha value is -2.81. The highest BCUT2D eigenvalue weighted by atomic mass is 35.5. The fraction of sp³-hybridized carbons (Fsp3) is 0.0952. The van der Waals surface area contributed by atoms with E-state index >= 15 is 0 Å². The van der Waals surface area contributed by atoms with Crippen LogP contribution in [-0.4, -0.2) is 27.0 Å². The summed E-state index contributed by atoms with van der Waals surface area (Å²) < 4.78 is 5.24. The van der Waals surface area contributed by atoms with Crippen molar-refractivity contribution in [2.75, 3.05) is 7.11 Å². The third kappa shape index (κ3) is 3.47. The zero-order valence-electron chi connectivity index (χ0n) is 15.7. The predicted octanol–water partition coefficient (Wildman–Crippen LogP) is 5.48. The minimum absolute atomic E-state index is 0.166. The number of nitrogens with zero attached hydrogens (tertiary/aromatic N) is 2. The van der Waals surface area contributed by atoms with E-state index in [1.165, 1.54) is 23.1 Å². The molecule has 0 amide bonds. The maximum absolute atomic E-state index is 12.8. The highest BCUT2D eigenvalue weighted by Crippen LogP contribution is 2.35. The molecule has 2 aromatic carbocycles. The minimum Gasteiger partial charge on any atom is -0.497 e. The van der Waals surface area contributed by atoms with Crippen LogP contribution in [-0.2, 0) is 5.75 Å². The minimum atomic E-state index is -0.166. The Morgan fingerprint density at radius 2 is 2.00 bits per heavy atom. The Labute approximate surface area is 184 Å². The van der Waals surface area contributed by atoms with Gasteiger partial charge in [-0.3, -0.25) is 4.79 Å². The summed E-state index contributed by atoms with van der Waals surface area (Å²) in [5.41, 5.74) is 3.23. The summed E-state index contributed by atoms with van der Waals surface area (Å²) in [5, 5.41) is 3.86. The number of imidazole rings is 1. The van der Waals surface area contributed by atoms with Crippen LogP contribution in [0, 0.1) is 0 Å². The number of fused-ring (bicyclic) bond motifs is 2. The van der Waals surface area contributed by atoms with Gasteiger partial charge in [0.2, 0.25) is 0 Å². The van der Waals surface area contributed by atoms with E-state index in [1.807, 2.05) is 47.8 Å². The molecule has 0 spiro atoms. The lowest BCUT2D eigenvalue weighted by Gasteiger charge is -2.03. The predicted molar refractivity (Wildman–Crippen MR) is 123 cm³/mol. The first-order valence-corrected chi connectivity index (χ1v) is 11.3. The standard InChI is InChI=1S/C21H15ClN4O2S2/c1-28-11-6-7-15-16(8-11)24-21(23-15)30-10-17-25-19(27)18-13(9-29-20(18)26-17)12-4-2-3-5-14(12)22/h2-9H,10H2,1H3,(H,23,24)(H,25,26,27). The van der Waals surface area contributed by atoms with Crippen LogP contribution >= 0.6 is 34.7 Å². The molecule has 0 aliphatic carbocycles. The molecule has 0 saturated carbocycles. The molecule has 0 aliphatic heterocycles. The Kier molecular flexibility index (Phi) is 4.98. The number of thiophene rings is 1. The number of ether oxygens (including phenoxy) is 1. The second-order valence-corrected chi connectivity index (χ2v) is 8.77. The monoisotopic (exact) mass is 454 g/mol. The van der Waals surface area contributed by atoms with Crippen molar-refractivity contribution >= 4 is 55.9 Å². The molecule has 2 N–H and O–H groups in total. The maximum atomic E-state index is 12.8. The van der Waals surface area contributed by atoms with Crippen LogP contribution in [0.25, 0.3) is 32.4 Å². The van der Waals surface area contributed by atoms with Crippen molar-refractivity contribution in [3.05, 3.63) is 69.0 Å². The van der Waals surface area contributed by atoms with Crippen LogP contribution in [0.3, 0.4) is 0 Å². The van der Waals surface area contributed by atoms with Gasteiger partial charge in [-0.2, -0.15) is 0 Å². The van der Waals surface area contributed by atoms with Crippen LogP contribution in [0.2, 0.25) is 5.02 Å². The van der Waals surface area contributed by atoms with Crippen LogP contribution in [0.15, 0.2) is 57.8 Å². The first kappa shape index (κ1) is 19.2. The zero-order valence-corrected chi connectivity index (χ0v) is 18.1. The Bertz CT molecular complexity index is 1440. The average molecular weight is 455 g/mol. The lowest BCUT2D eigenvalue weighted by Crippen LogP contribution is -2.10. The van der Waals surface area contributed by atoms with Gasteiger partial charge in [-0.25, -0.2) is 9.97 Å². The number of rotatable bonds is 5. The summed E-state index contributed by atoms with van der Waals surface area (Å²) >= 11 is 9.24. The number of aromatic nitrogens is 4. The van der Waals surface area contributed by atoms with Gasteiger partial charge in [0.15, 0.2) is 5.16 Å². The lowest BCUT2D eigenvalue weighted by molar-refractivity contribution is 0.415.